The molecule has 6 heteroatoms. The van der Waals surface area contributed by atoms with Crippen LogP contribution >= 0.6 is 0 Å². The second-order valence-electron chi connectivity index (χ2n) is 9.68. The highest BCUT2D eigenvalue weighted by molar-refractivity contribution is 6.06. The zero-order valence-electron chi connectivity index (χ0n) is 19.3. The minimum Gasteiger partial charge on any atom is -0.497 e. The number of hydrogen-bond donors (Lipinski definition) is 1. The summed E-state index contributed by atoms with van der Waals surface area (Å²) in [5.74, 6) is 0.227. The van der Waals surface area contributed by atoms with Gasteiger partial charge in [-0.1, -0.05) is 43.6 Å². The largest absolute Gasteiger partial charge is 0.497 e. The van der Waals surface area contributed by atoms with E-state index in [4.69, 9.17) is 9.57 Å². The number of oxime groups is 1. The van der Waals surface area contributed by atoms with Gasteiger partial charge in [-0.3, -0.25) is 4.79 Å². The van der Waals surface area contributed by atoms with Gasteiger partial charge in [-0.25, -0.2) is 4.79 Å². The van der Waals surface area contributed by atoms with E-state index < -0.39 is 11.4 Å². The molecule has 0 saturated heterocycles. The molecule has 2 atom stereocenters. The molecule has 0 aliphatic heterocycles. The van der Waals surface area contributed by atoms with Gasteiger partial charge in [0.1, 0.15) is 5.75 Å². The molecule has 1 N–H and O–H groups in total. The molecule has 2 aliphatic carbocycles. The van der Waals surface area contributed by atoms with Crippen LogP contribution < -0.4 is 10.1 Å². The maximum atomic E-state index is 13.5. The predicted molar refractivity (Wildman–Crippen MR) is 124 cm³/mol. The lowest BCUT2D eigenvalue weighted by Crippen LogP contribution is -2.43. The minimum atomic E-state index is -0.614. The summed E-state index contributed by atoms with van der Waals surface area (Å²) in [5, 5.41) is 7.39. The van der Waals surface area contributed by atoms with Crippen molar-refractivity contribution in [1.29, 1.82) is 0 Å². The summed E-state index contributed by atoms with van der Waals surface area (Å²) in [6.07, 6.45) is 2.06. The quantitative estimate of drug-likeness (QED) is 0.507. The lowest BCUT2D eigenvalue weighted by Gasteiger charge is -2.39. The smallest absolute Gasteiger partial charge is 0.365 e. The summed E-state index contributed by atoms with van der Waals surface area (Å²) in [6, 6.07) is 14.5. The van der Waals surface area contributed by atoms with Gasteiger partial charge in [0.25, 0.3) is 0 Å². The van der Waals surface area contributed by atoms with Gasteiger partial charge in [-0.05, 0) is 61.6 Å². The van der Waals surface area contributed by atoms with Crippen LogP contribution in [0.2, 0.25) is 0 Å². The SMILES string of the molecule is COc1ccc(NC(=O)C23CCC(C)(C(=NOC(=O)c4ccc(C)cc4)C2)C3(C)C)cc1. The molecular formula is C26H30N2O4. The summed E-state index contributed by atoms with van der Waals surface area (Å²) < 4.78 is 5.20. The molecule has 2 fully saturated rings. The molecule has 2 bridgehead atoms. The predicted octanol–water partition coefficient (Wildman–Crippen LogP) is 5.37. The number of carbonyl (C=O) groups is 2. The van der Waals surface area contributed by atoms with Crippen LogP contribution in [0.4, 0.5) is 5.69 Å². The van der Waals surface area contributed by atoms with Crippen molar-refractivity contribution in [2.75, 3.05) is 12.4 Å². The van der Waals surface area contributed by atoms with Crippen LogP contribution in [-0.4, -0.2) is 24.7 Å². The highest BCUT2D eigenvalue weighted by Crippen LogP contribution is 2.71. The van der Waals surface area contributed by atoms with E-state index in [1.54, 1.807) is 19.2 Å². The number of nitrogens with one attached hydrogen (secondary N) is 1. The van der Waals surface area contributed by atoms with Crippen molar-refractivity contribution in [3.63, 3.8) is 0 Å². The first-order valence-electron chi connectivity index (χ1n) is 10.9. The van der Waals surface area contributed by atoms with Crippen LogP contribution in [0.15, 0.2) is 53.7 Å². The third-order valence-corrected chi connectivity index (χ3v) is 8.04. The number of ether oxygens (including phenoxy) is 1. The van der Waals surface area contributed by atoms with Crippen LogP contribution in [0.1, 0.15) is 56.0 Å². The Kier molecular flexibility index (Phi) is 5.35. The number of amides is 1. The van der Waals surface area contributed by atoms with Gasteiger partial charge in [0.15, 0.2) is 0 Å². The number of carbonyl (C=O) groups excluding carboxylic acids is 2. The molecule has 0 spiro atoms. The molecule has 2 aromatic carbocycles. The molecule has 2 unspecified atom stereocenters. The van der Waals surface area contributed by atoms with E-state index in [0.717, 1.165) is 35.6 Å². The molecule has 4 rings (SSSR count). The molecule has 0 radical (unpaired) electrons. The van der Waals surface area contributed by atoms with Crippen molar-refractivity contribution in [1.82, 2.24) is 0 Å². The first kappa shape index (κ1) is 22.1. The van der Waals surface area contributed by atoms with E-state index in [2.05, 4.69) is 31.2 Å². The van der Waals surface area contributed by atoms with Gasteiger partial charge < -0.3 is 14.9 Å². The topological polar surface area (TPSA) is 77.0 Å². The fourth-order valence-electron chi connectivity index (χ4n) is 5.29. The van der Waals surface area contributed by atoms with Crippen LogP contribution in [0.5, 0.6) is 5.75 Å². The Hall–Kier alpha value is -3.15. The van der Waals surface area contributed by atoms with Crippen molar-refractivity contribution in [2.45, 2.75) is 47.0 Å². The van der Waals surface area contributed by atoms with Gasteiger partial charge in [0.2, 0.25) is 5.91 Å². The summed E-state index contributed by atoms with van der Waals surface area (Å²) in [4.78, 5) is 31.3. The van der Waals surface area contributed by atoms with Gasteiger partial charge in [0, 0.05) is 17.5 Å². The lowest BCUT2D eigenvalue weighted by molar-refractivity contribution is -0.130. The van der Waals surface area contributed by atoms with Crippen molar-refractivity contribution < 1.29 is 19.2 Å². The Morgan fingerprint density at radius 2 is 1.62 bits per heavy atom. The van der Waals surface area contributed by atoms with Crippen molar-refractivity contribution in [2.24, 2.45) is 21.4 Å². The number of rotatable bonds is 5. The maximum Gasteiger partial charge on any atom is 0.365 e. The van der Waals surface area contributed by atoms with E-state index in [1.807, 2.05) is 43.3 Å². The van der Waals surface area contributed by atoms with Crippen LogP contribution in [0.3, 0.4) is 0 Å². The van der Waals surface area contributed by atoms with E-state index in [0.29, 0.717) is 12.0 Å². The summed E-state index contributed by atoms with van der Waals surface area (Å²) in [6.45, 7) is 8.33. The molecule has 2 aliphatic rings. The summed E-state index contributed by atoms with van der Waals surface area (Å²) >= 11 is 0. The number of benzene rings is 2. The lowest BCUT2D eigenvalue weighted by atomic mass is 9.64. The highest BCUT2D eigenvalue weighted by atomic mass is 16.7. The number of fused-ring (bicyclic) bond motifs is 2. The van der Waals surface area contributed by atoms with E-state index in [9.17, 15) is 9.59 Å². The Morgan fingerprint density at radius 3 is 2.25 bits per heavy atom. The van der Waals surface area contributed by atoms with Gasteiger partial charge in [0.05, 0.1) is 23.8 Å². The van der Waals surface area contributed by atoms with Gasteiger partial charge >= 0.3 is 5.97 Å². The number of nitrogens with zero attached hydrogens (tertiary/aromatic N) is 1. The van der Waals surface area contributed by atoms with E-state index >= 15 is 0 Å². The third-order valence-electron chi connectivity index (χ3n) is 8.04. The first-order valence-corrected chi connectivity index (χ1v) is 10.9. The third kappa shape index (κ3) is 3.29. The standard InChI is InChI=1S/C26H30N2O4/c1-17-6-8-18(9-7-17)22(29)32-28-21-16-26(15-14-25(21,4)24(26,2)3)23(30)27-19-10-12-20(31-5)13-11-19/h6-13H,14-16H2,1-5H3,(H,27,30). The molecule has 1 amide bonds. The average molecular weight is 435 g/mol. The van der Waals surface area contributed by atoms with E-state index in [-0.39, 0.29) is 16.7 Å². The second-order valence-corrected chi connectivity index (χ2v) is 9.68. The van der Waals surface area contributed by atoms with Crippen molar-refractivity contribution in [3.8, 4) is 5.75 Å². The number of anilines is 1. The highest BCUT2D eigenvalue weighted by Gasteiger charge is 2.71. The first-order chi connectivity index (χ1) is 15.1. The van der Waals surface area contributed by atoms with Crippen molar-refractivity contribution in [3.05, 3.63) is 59.7 Å². The average Bonchev–Trinajstić information content (AvgIpc) is 3.09. The normalized spacial score (nSPS) is 26.7. The van der Waals surface area contributed by atoms with Crippen LogP contribution in [0, 0.1) is 23.2 Å². The molecule has 2 saturated carbocycles. The maximum absolute atomic E-state index is 13.5. The monoisotopic (exact) mass is 434 g/mol. The Bertz CT molecular complexity index is 1070. The zero-order valence-corrected chi connectivity index (χ0v) is 19.3. The Balaban J connectivity index is 1.56. The van der Waals surface area contributed by atoms with Gasteiger partial charge in [-0.15, -0.1) is 0 Å². The fraction of sp³-hybridized carbons (Fsp3) is 0.423. The summed E-state index contributed by atoms with van der Waals surface area (Å²) in [5.41, 5.74) is 1.75. The molecular weight excluding hydrogens is 404 g/mol. The molecule has 6 nitrogen and oxygen atoms in total. The zero-order chi connectivity index (χ0) is 23.1. The molecule has 0 heterocycles. The van der Waals surface area contributed by atoms with Crippen LogP contribution in [0.25, 0.3) is 0 Å². The van der Waals surface area contributed by atoms with E-state index in [1.165, 1.54) is 0 Å². The summed E-state index contributed by atoms with van der Waals surface area (Å²) in [7, 11) is 1.61. The minimum absolute atomic E-state index is 0.0218. The number of methoxy groups -OCH3 is 1. The Morgan fingerprint density at radius 1 is 0.969 bits per heavy atom. The van der Waals surface area contributed by atoms with Crippen molar-refractivity contribution >= 4 is 23.3 Å². The molecule has 168 valence electrons. The molecule has 0 aromatic heterocycles. The molecule has 2 aromatic rings. The number of aryl methyl sites for hydroxylation is 1. The van der Waals surface area contributed by atoms with Gasteiger partial charge in [-0.2, -0.15) is 0 Å². The fourth-order valence-corrected chi connectivity index (χ4v) is 5.29. The Labute approximate surface area is 189 Å². The second kappa shape index (κ2) is 7.76. The number of hydrogen-bond acceptors (Lipinski definition) is 5. The molecule has 32 heavy (non-hydrogen) atoms. The van der Waals surface area contributed by atoms with Crippen LogP contribution in [-0.2, 0) is 9.63 Å².